The number of hydrogen-bond acceptors (Lipinski definition) is 5. The molecule has 31 heavy (non-hydrogen) atoms. The highest BCUT2D eigenvalue weighted by molar-refractivity contribution is 5.96. The molecule has 2 amide bonds. The van der Waals surface area contributed by atoms with Crippen LogP contribution < -0.4 is 10.1 Å². The van der Waals surface area contributed by atoms with E-state index < -0.39 is 11.9 Å². The van der Waals surface area contributed by atoms with Crippen LogP contribution in [0.3, 0.4) is 0 Å². The number of ether oxygens (including phenoxy) is 1. The predicted molar refractivity (Wildman–Crippen MR) is 117 cm³/mol. The molecule has 3 rings (SSSR count). The summed E-state index contributed by atoms with van der Waals surface area (Å²) in [7, 11) is 3.31. The van der Waals surface area contributed by atoms with Crippen LogP contribution in [0.2, 0.25) is 0 Å². The van der Waals surface area contributed by atoms with Gasteiger partial charge in [0.05, 0.1) is 7.11 Å². The van der Waals surface area contributed by atoms with Crippen LogP contribution in [0, 0.1) is 5.92 Å². The first-order valence-electron chi connectivity index (χ1n) is 10.1. The summed E-state index contributed by atoms with van der Waals surface area (Å²) in [5.74, 6) is 0.394. The molecule has 0 radical (unpaired) electrons. The number of hydrogen-bond donors (Lipinski definition) is 1. The SMILES string of the molecule is COc1cccc(-c2cc(C(=O)N[C@@H](C(=O)N(C)Cc3ccccc3)C(C)C)no2)c1. The van der Waals surface area contributed by atoms with Crippen molar-refractivity contribution >= 4 is 11.8 Å². The van der Waals surface area contributed by atoms with Crippen molar-refractivity contribution in [2.45, 2.75) is 26.4 Å². The van der Waals surface area contributed by atoms with Crippen LogP contribution >= 0.6 is 0 Å². The molecule has 162 valence electrons. The van der Waals surface area contributed by atoms with Gasteiger partial charge in [0, 0.05) is 25.2 Å². The molecule has 0 bridgehead atoms. The van der Waals surface area contributed by atoms with Crippen molar-refractivity contribution in [3.8, 4) is 17.1 Å². The van der Waals surface area contributed by atoms with Crippen LogP contribution in [0.1, 0.15) is 29.9 Å². The molecule has 7 nitrogen and oxygen atoms in total. The van der Waals surface area contributed by atoms with E-state index in [4.69, 9.17) is 9.26 Å². The molecular formula is C24H27N3O4. The van der Waals surface area contributed by atoms with Gasteiger partial charge in [-0.15, -0.1) is 0 Å². The third kappa shape index (κ3) is 5.51. The Balaban J connectivity index is 1.70. The molecular weight excluding hydrogens is 394 g/mol. The van der Waals surface area contributed by atoms with Crippen molar-refractivity contribution in [2.24, 2.45) is 5.92 Å². The van der Waals surface area contributed by atoms with Crippen molar-refractivity contribution < 1.29 is 18.8 Å². The fourth-order valence-corrected chi connectivity index (χ4v) is 3.20. The van der Waals surface area contributed by atoms with Gasteiger partial charge in [0.25, 0.3) is 5.91 Å². The second-order valence-electron chi connectivity index (χ2n) is 7.68. The summed E-state index contributed by atoms with van der Waals surface area (Å²) in [6, 6.07) is 17.9. The molecule has 2 aromatic carbocycles. The van der Waals surface area contributed by atoms with Gasteiger partial charge in [0.2, 0.25) is 5.91 Å². The molecule has 0 spiro atoms. The minimum atomic E-state index is -0.682. The molecule has 0 aliphatic rings. The number of nitrogens with zero attached hydrogens (tertiary/aromatic N) is 2. The maximum Gasteiger partial charge on any atom is 0.274 e. The Kier molecular flexibility index (Phi) is 7.07. The lowest BCUT2D eigenvalue weighted by molar-refractivity contribution is -0.133. The van der Waals surface area contributed by atoms with Crippen LogP contribution in [0.5, 0.6) is 5.75 Å². The molecule has 1 N–H and O–H groups in total. The minimum absolute atomic E-state index is 0.0978. The quantitative estimate of drug-likeness (QED) is 0.599. The average Bonchev–Trinajstić information content (AvgIpc) is 3.28. The highest BCUT2D eigenvalue weighted by Gasteiger charge is 2.28. The maximum atomic E-state index is 13.0. The number of rotatable bonds is 8. The summed E-state index contributed by atoms with van der Waals surface area (Å²) >= 11 is 0. The van der Waals surface area contributed by atoms with E-state index in [-0.39, 0.29) is 17.5 Å². The standard InChI is InChI=1S/C24H27N3O4/c1-16(2)22(24(29)27(3)15-17-9-6-5-7-10-17)25-23(28)20-14-21(31-26-20)18-11-8-12-19(13-18)30-4/h5-14,16,22H,15H2,1-4H3,(H,25,28)/t22-/m1/s1. The second-order valence-corrected chi connectivity index (χ2v) is 7.68. The normalized spacial score (nSPS) is 11.8. The minimum Gasteiger partial charge on any atom is -0.497 e. The Bertz CT molecular complexity index is 1030. The topological polar surface area (TPSA) is 84.7 Å². The van der Waals surface area contributed by atoms with Crippen LogP contribution in [0.15, 0.2) is 65.2 Å². The Morgan fingerprint density at radius 3 is 2.52 bits per heavy atom. The van der Waals surface area contributed by atoms with E-state index in [0.717, 1.165) is 11.1 Å². The van der Waals surface area contributed by atoms with Crippen molar-refractivity contribution in [1.82, 2.24) is 15.4 Å². The summed E-state index contributed by atoms with van der Waals surface area (Å²) in [6.07, 6.45) is 0. The molecule has 1 atom stereocenters. The molecule has 1 heterocycles. The third-order valence-corrected chi connectivity index (χ3v) is 4.96. The lowest BCUT2D eigenvalue weighted by Crippen LogP contribution is -2.50. The van der Waals surface area contributed by atoms with Gasteiger partial charge in [0.15, 0.2) is 11.5 Å². The first kappa shape index (κ1) is 22.1. The molecule has 3 aromatic rings. The molecule has 0 aliphatic carbocycles. The largest absolute Gasteiger partial charge is 0.497 e. The summed E-state index contributed by atoms with van der Waals surface area (Å²) in [5.41, 5.74) is 1.87. The van der Waals surface area contributed by atoms with Gasteiger partial charge in [-0.1, -0.05) is 61.5 Å². The molecule has 0 aliphatic heterocycles. The zero-order valence-electron chi connectivity index (χ0n) is 18.2. The van der Waals surface area contributed by atoms with Crippen LogP contribution in [0.4, 0.5) is 0 Å². The summed E-state index contributed by atoms with van der Waals surface area (Å²) in [4.78, 5) is 27.4. The van der Waals surface area contributed by atoms with Crippen molar-refractivity contribution in [3.63, 3.8) is 0 Å². The van der Waals surface area contributed by atoms with Crippen LogP contribution in [-0.2, 0) is 11.3 Å². The second kappa shape index (κ2) is 9.93. The molecule has 7 heteroatoms. The van der Waals surface area contributed by atoms with E-state index in [1.807, 2.05) is 62.4 Å². The van der Waals surface area contributed by atoms with E-state index in [0.29, 0.717) is 18.1 Å². The summed E-state index contributed by atoms with van der Waals surface area (Å²) in [5, 5.41) is 6.69. The van der Waals surface area contributed by atoms with E-state index >= 15 is 0 Å². The molecule has 1 aromatic heterocycles. The van der Waals surface area contributed by atoms with Gasteiger partial charge in [-0.25, -0.2) is 0 Å². The fourth-order valence-electron chi connectivity index (χ4n) is 3.20. The van der Waals surface area contributed by atoms with Crippen LogP contribution in [-0.4, -0.2) is 42.1 Å². The van der Waals surface area contributed by atoms with E-state index in [2.05, 4.69) is 10.5 Å². The Morgan fingerprint density at radius 1 is 1.10 bits per heavy atom. The number of likely N-dealkylation sites (N-methyl/N-ethyl adjacent to an activating group) is 1. The predicted octanol–water partition coefficient (Wildman–Crippen LogP) is 3.76. The van der Waals surface area contributed by atoms with E-state index in [1.165, 1.54) is 0 Å². The monoisotopic (exact) mass is 421 g/mol. The Hall–Kier alpha value is -3.61. The molecule has 0 saturated heterocycles. The van der Waals surface area contributed by atoms with Crippen molar-refractivity contribution in [3.05, 3.63) is 71.9 Å². The number of carbonyl (C=O) groups is 2. The van der Waals surface area contributed by atoms with Crippen molar-refractivity contribution in [1.29, 1.82) is 0 Å². The summed E-state index contributed by atoms with van der Waals surface area (Å²) in [6.45, 7) is 4.25. The van der Waals surface area contributed by atoms with Gasteiger partial charge in [0.1, 0.15) is 11.8 Å². The number of carbonyl (C=O) groups excluding carboxylic acids is 2. The highest BCUT2D eigenvalue weighted by Crippen LogP contribution is 2.24. The van der Waals surface area contributed by atoms with Gasteiger partial charge < -0.3 is 19.5 Å². The fraction of sp³-hybridized carbons (Fsp3) is 0.292. The molecule has 0 unspecified atom stereocenters. The Labute approximate surface area is 182 Å². The van der Waals surface area contributed by atoms with Crippen molar-refractivity contribution in [2.75, 3.05) is 14.2 Å². The van der Waals surface area contributed by atoms with E-state index in [1.54, 1.807) is 31.2 Å². The number of aromatic nitrogens is 1. The zero-order chi connectivity index (χ0) is 22.4. The maximum absolute atomic E-state index is 13.0. The van der Waals surface area contributed by atoms with Gasteiger partial charge in [-0.2, -0.15) is 0 Å². The van der Waals surface area contributed by atoms with E-state index in [9.17, 15) is 9.59 Å². The molecule has 0 fully saturated rings. The number of amides is 2. The lowest BCUT2D eigenvalue weighted by Gasteiger charge is -2.27. The van der Waals surface area contributed by atoms with Gasteiger partial charge in [-0.3, -0.25) is 9.59 Å². The average molecular weight is 421 g/mol. The highest BCUT2D eigenvalue weighted by atomic mass is 16.5. The smallest absolute Gasteiger partial charge is 0.274 e. The zero-order valence-corrected chi connectivity index (χ0v) is 18.2. The first-order chi connectivity index (χ1) is 14.9. The van der Waals surface area contributed by atoms with Crippen LogP contribution in [0.25, 0.3) is 11.3 Å². The number of nitrogens with one attached hydrogen (secondary N) is 1. The number of benzene rings is 2. The first-order valence-corrected chi connectivity index (χ1v) is 10.1. The Morgan fingerprint density at radius 2 is 1.84 bits per heavy atom. The molecule has 0 saturated carbocycles. The lowest BCUT2D eigenvalue weighted by atomic mass is 10.0. The summed E-state index contributed by atoms with van der Waals surface area (Å²) < 4.78 is 10.6. The van der Waals surface area contributed by atoms with Gasteiger partial charge >= 0.3 is 0 Å². The number of methoxy groups -OCH3 is 1. The third-order valence-electron chi connectivity index (χ3n) is 4.96. The van der Waals surface area contributed by atoms with Gasteiger partial charge in [-0.05, 0) is 23.6 Å².